The third-order valence-electron chi connectivity index (χ3n) is 3.76. The lowest BCUT2D eigenvalue weighted by molar-refractivity contribution is -0.128. The van der Waals surface area contributed by atoms with Crippen LogP contribution in [0.25, 0.3) is 0 Å². The molecule has 0 aliphatic heterocycles. The molecule has 1 aliphatic carbocycles. The Morgan fingerprint density at radius 1 is 1.35 bits per heavy atom. The molecule has 3 N–H and O–H groups in total. The van der Waals surface area contributed by atoms with E-state index in [1.54, 1.807) is 0 Å². The van der Waals surface area contributed by atoms with Crippen molar-refractivity contribution in [3.63, 3.8) is 0 Å². The zero-order valence-corrected chi connectivity index (χ0v) is 11.7. The van der Waals surface area contributed by atoms with Crippen LogP contribution in [0.3, 0.4) is 0 Å². The summed E-state index contributed by atoms with van der Waals surface area (Å²) in [5.41, 5.74) is 5.92. The Labute approximate surface area is 106 Å². The van der Waals surface area contributed by atoms with Crippen molar-refractivity contribution in [1.82, 2.24) is 5.32 Å². The van der Waals surface area contributed by atoms with Crippen LogP contribution >= 0.6 is 0 Å². The van der Waals surface area contributed by atoms with Gasteiger partial charge in [-0.3, -0.25) is 4.79 Å². The Bertz CT molecular complexity index is 253. The molecule has 0 bridgehead atoms. The standard InChI is InChI=1S/C14H28N2O/c1-9(2)7-11(4)16-14(17)13-6-5-12(15)8-10(13)3/h9-13H,5-8,15H2,1-4H3,(H,16,17). The Morgan fingerprint density at radius 2 is 2.00 bits per heavy atom. The second-order valence-corrected chi connectivity index (χ2v) is 6.20. The molecule has 17 heavy (non-hydrogen) atoms. The molecule has 4 unspecified atom stereocenters. The minimum Gasteiger partial charge on any atom is -0.353 e. The molecule has 0 spiro atoms. The molecule has 0 aromatic heterocycles. The largest absolute Gasteiger partial charge is 0.353 e. The lowest BCUT2D eigenvalue weighted by atomic mass is 9.77. The lowest BCUT2D eigenvalue weighted by Gasteiger charge is -2.32. The number of hydrogen-bond donors (Lipinski definition) is 2. The fourth-order valence-electron chi connectivity index (χ4n) is 2.94. The van der Waals surface area contributed by atoms with E-state index in [0.29, 0.717) is 17.9 Å². The van der Waals surface area contributed by atoms with Crippen molar-refractivity contribution in [3.05, 3.63) is 0 Å². The number of nitrogens with two attached hydrogens (primary N) is 1. The summed E-state index contributed by atoms with van der Waals surface area (Å²) in [6.45, 7) is 8.61. The Morgan fingerprint density at radius 3 is 2.53 bits per heavy atom. The van der Waals surface area contributed by atoms with Crippen molar-refractivity contribution in [2.45, 2.75) is 65.5 Å². The van der Waals surface area contributed by atoms with Gasteiger partial charge in [0.25, 0.3) is 0 Å². The van der Waals surface area contributed by atoms with Crippen LogP contribution in [-0.2, 0) is 4.79 Å². The van der Waals surface area contributed by atoms with E-state index in [4.69, 9.17) is 5.73 Å². The number of carbonyl (C=O) groups is 1. The van der Waals surface area contributed by atoms with E-state index in [1.165, 1.54) is 0 Å². The van der Waals surface area contributed by atoms with E-state index >= 15 is 0 Å². The number of rotatable bonds is 4. The molecule has 3 nitrogen and oxygen atoms in total. The average molecular weight is 240 g/mol. The fourth-order valence-corrected chi connectivity index (χ4v) is 2.94. The van der Waals surface area contributed by atoms with Gasteiger partial charge in [-0.15, -0.1) is 0 Å². The molecule has 3 heteroatoms. The van der Waals surface area contributed by atoms with E-state index in [1.807, 2.05) is 0 Å². The van der Waals surface area contributed by atoms with Crippen LogP contribution in [0.5, 0.6) is 0 Å². The Balaban J connectivity index is 2.41. The van der Waals surface area contributed by atoms with Gasteiger partial charge in [0.15, 0.2) is 0 Å². The zero-order valence-electron chi connectivity index (χ0n) is 11.7. The summed E-state index contributed by atoms with van der Waals surface area (Å²) in [7, 11) is 0. The third-order valence-corrected chi connectivity index (χ3v) is 3.76. The highest BCUT2D eigenvalue weighted by Crippen LogP contribution is 2.29. The van der Waals surface area contributed by atoms with Crippen molar-refractivity contribution in [2.24, 2.45) is 23.5 Å². The summed E-state index contributed by atoms with van der Waals surface area (Å²) >= 11 is 0. The second kappa shape index (κ2) is 6.39. The van der Waals surface area contributed by atoms with Gasteiger partial charge >= 0.3 is 0 Å². The molecule has 1 saturated carbocycles. The quantitative estimate of drug-likeness (QED) is 0.792. The minimum absolute atomic E-state index is 0.171. The lowest BCUT2D eigenvalue weighted by Crippen LogP contribution is -2.43. The van der Waals surface area contributed by atoms with Gasteiger partial charge < -0.3 is 11.1 Å². The van der Waals surface area contributed by atoms with Gasteiger partial charge in [0.1, 0.15) is 0 Å². The molecule has 1 rings (SSSR count). The highest BCUT2D eigenvalue weighted by Gasteiger charge is 2.31. The maximum absolute atomic E-state index is 12.2. The van der Waals surface area contributed by atoms with E-state index in [-0.39, 0.29) is 17.9 Å². The first-order valence-corrected chi connectivity index (χ1v) is 6.96. The molecule has 1 fully saturated rings. The van der Waals surface area contributed by atoms with E-state index in [9.17, 15) is 4.79 Å². The molecule has 0 saturated heterocycles. The summed E-state index contributed by atoms with van der Waals surface area (Å²) in [4.78, 5) is 12.2. The van der Waals surface area contributed by atoms with Crippen LogP contribution in [0.4, 0.5) is 0 Å². The summed E-state index contributed by atoms with van der Waals surface area (Å²) in [6.07, 6.45) is 3.96. The first kappa shape index (κ1) is 14.5. The van der Waals surface area contributed by atoms with E-state index < -0.39 is 0 Å². The molecule has 1 aliphatic rings. The SMILES string of the molecule is CC(C)CC(C)NC(=O)C1CCC(N)CC1C. The predicted octanol–water partition coefficient (Wildman–Crippen LogP) is 2.30. The summed E-state index contributed by atoms with van der Waals surface area (Å²) in [5.74, 6) is 1.45. The van der Waals surface area contributed by atoms with Gasteiger partial charge in [0.05, 0.1) is 0 Å². The number of nitrogens with one attached hydrogen (secondary N) is 1. The number of hydrogen-bond acceptors (Lipinski definition) is 2. The Hall–Kier alpha value is -0.570. The Kier molecular flexibility index (Phi) is 5.44. The zero-order chi connectivity index (χ0) is 13.0. The van der Waals surface area contributed by atoms with Crippen LogP contribution in [-0.4, -0.2) is 18.0 Å². The van der Waals surface area contributed by atoms with Gasteiger partial charge in [-0.2, -0.15) is 0 Å². The van der Waals surface area contributed by atoms with Gasteiger partial charge in [-0.1, -0.05) is 20.8 Å². The molecule has 0 heterocycles. The van der Waals surface area contributed by atoms with Crippen LogP contribution in [0, 0.1) is 17.8 Å². The predicted molar refractivity (Wildman–Crippen MR) is 71.5 cm³/mol. The molecule has 4 atom stereocenters. The van der Waals surface area contributed by atoms with Gasteiger partial charge in [0, 0.05) is 18.0 Å². The van der Waals surface area contributed by atoms with Crippen LogP contribution in [0.1, 0.15) is 53.4 Å². The monoisotopic (exact) mass is 240 g/mol. The first-order chi connectivity index (χ1) is 7.90. The topological polar surface area (TPSA) is 55.1 Å². The number of carbonyl (C=O) groups excluding carboxylic acids is 1. The van der Waals surface area contributed by atoms with Crippen molar-refractivity contribution < 1.29 is 4.79 Å². The number of amides is 1. The fraction of sp³-hybridized carbons (Fsp3) is 0.929. The highest BCUT2D eigenvalue weighted by molar-refractivity contribution is 5.79. The molecule has 0 aromatic rings. The maximum Gasteiger partial charge on any atom is 0.223 e. The van der Waals surface area contributed by atoms with Gasteiger partial charge in [-0.05, 0) is 44.4 Å². The summed E-state index contributed by atoms with van der Waals surface area (Å²) in [6, 6.07) is 0.576. The van der Waals surface area contributed by atoms with Gasteiger partial charge in [0.2, 0.25) is 5.91 Å². The van der Waals surface area contributed by atoms with Crippen LogP contribution in [0.2, 0.25) is 0 Å². The molecule has 100 valence electrons. The average Bonchev–Trinajstić information content (AvgIpc) is 2.15. The molecule has 1 amide bonds. The maximum atomic E-state index is 12.2. The van der Waals surface area contributed by atoms with Gasteiger partial charge in [-0.25, -0.2) is 0 Å². The molecule has 0 radical (unpaired) electrons. The first-order valence-electron chi connectivity index (χ1n) is 6.96. The van der Waals surface area contributed by atoms with E-state index in [0.717, 1.165) is 25.7 Å². The normalized spacial score (nSPS) is 31.3. The summed E-state index contributed by atoms with van der Waals surface area (Å²) < 4.78 is 0. The third kappa shape index (κ3) is 4.66. The minimum atomic E-state index is 0.171. The van der Waals surface area contributed by atoms with Crippen LogP contribution < -0.4 is 11.1 Å². The van der Waals surface area contributed by atoms with Crippen molar-refractivity contribution >= 4 is 5.91 Å². The molecular weight excluding hydrogens is 212 g/mol. The van der Waals surface area contributed by atoms with Crippen molar-refractivity contribution in [3.8, 4) is 0 Å². The summed E-state index contributed by atoms with van der Waals surface area (Å²) in [5, 5.41) is 3.15. The van der Waals surface area contributed by atoms with Crippen molar-refractivity contribution in [2.75, 3.05) is 0 Å². The highest BCUT2D eigenvalue weighted by atomic mass is 16.1. The molecule has 0 aromatic carbocycles. The van der Waals surface area contributed by atoms with Crippen molar-refractivity contribution in [1.29, 1.82) is 0 Å². The second-order valence-electron chi connectivity index (χ2n) is 6.20. The van der Waals surface area contributed by atoms with Crippen LogP contribution in [0.15, 0.2) is 0 Å². The molecular formula is C14H28N2O. The van der Waals surface area contributed by atoms with E-state index in [2.05, 4.69) is 33.0 Å². The smallest absolute Gasteiger partial charge is 0.223 e.